The topological polar surface area (TPSA) is 65.2 Å². The molecule has 0 unspecified atom stereocenters. The number of hydrogen-bond donors (Lipinski definition) is 1. The number of amides is 1. The summed E-state index contributed by atoms with van der Waals surface area (Å²) in [6.07, 6.45) is 1.64. The van der Waals surface area contributed by atoms with Crippen LogP contribution in [-0.2, 0) is 0 Å². The third-order valence-corrected chi connectivity index (χ3v) is 3.13. The zero-order valence-electron chi connectivity index (χ0n) is 9.06. The third-order valence-electron chi connectivity index (χ3n) is 2.13. The molecule has 0 fully saturated rings. The van der Waals surface area contributed by atoms with Gasteiger partial charge in [0.15, 0.2) is 0 Å². The maximum atomic E-state index is 10.9. The molecule has 2 rings (SSSR count). The quantitative estimate of drug-likeness (QED) is 0.897. The number of carbonyl (C=O) groups is 1. The molecular weight excluding hydrogens is 364 g/mol. The van der Waals surface area contributed by atoms with Crippen molar-refractivity contribution in [3.63, 3.8) is 0 Å². The molecule has 18 heavy (non-hydrogen) atoms. The fourth-order valence-electron chi connectivity index (χ4n) is 1.28. The number of ether oxygens (including phenoxy) is 1. The molecule has 2 aromatic rings. The van der Waals surface area contributed by atoms with Crippen LogP contribution in [0.1, 0.15) is 10.4 Å². The van der Waals surface area contributed by atoms with Gasteiger partial charge in [0.2, 0.25) is 11.8 Å². The summed E-state index contributed by atoms with van der Waals surface area (Å²) in [4.78, 5) is 15.0. The number of nitrogens with two attached hydrogens (primary N) is 1. The van der Waals surface area contributed by atoms with Crippen LogP contribution in [0.5, 0.6) is 11.6 Å². The van der Waals surface area contributed by atoms with Crippen LogP contribution in [0.3, 0.4) is 0 Å². The van der Waals surface area contributed by atoms with Crippen LogP contribution in [0.4, 0.5) is 0 Å². The van der Waals surface area contributed by atoms with E-state index in [1.165, 1.54) is 0 Å². The monoisotopic (exact) mass is 370 g/mol. The Bertz CT molecular complexity index is 585. The maximum absolute atomic E-state index is 10.9. The zero-order valence-corrected chi connectivity index (χ0v) is 12.2. The van der Waals surface area contributed by atoms with Gasteiger partial charge in [-0.3, -0.25) is 4.79 Å². The largest absolute Gasteiger partial charge is 0.438 e. The third kappa shape index (κ3) is 3.08. The molecule has 6 heteroatoms. The molecule has 92 valence electrons. The lowest BCUT2D eigenvalue weighted by Crippen LogP contribution is -2.10. The average Bonchev–Trinajstić information content (AvgIpc) is 2.33. The highest BCUT2D eigenvalue weighted by Crippen LogP contribution is 2.29. The van der Waals surface area contributed by atoms with Crippen molar-refractivity contribution >= 4 is 37.8 Å². The number of primary amides is 1. The summed E-state index contributed by atoms with van der Waals surface area (Å²) in [5.74, 6) is 0.560. The molecule has 0 spiro atoms. The van der Waals surface area contributed by atoms with E-state index in [1.54, 1.807) is 30.5 Å². The van der Waals surface area contributed by atoms with Crippen LogP contribution >= 0.6 is 31.9 Å². The van der Waals surface area contributed by atoms with Gasteiger partial charge in [-0.1, -0.05) is 0 Å². The highest BCUT2D eigenvalue weighted by atomic mass is 79.9. The summed E-state index contributed by atoms with van der Waals surface area (Å²) in [5, 5.41) is 0. The Balaban J connectivity index is 2.21. The van der Waals surface area contributed by atoms with Crippen LogP contribution in [0.15, 0.2) is 45.5 Å². The second-order valence-corrected chi connectivity index (χ2v) is 5.20. The number of aromatic nitrogens is 1. The Morgan fingerprint density at radius 1 is 1.22 bits per heavy atom. The van der Waals surface area contributed by atoms with Gasteiger partial charge in [-0.05, 0) is 62.2 Å². The van der Waals surface area contributed by atoms with Crippen molar-refractivity contribution in [3.05, 3.63) is 51.0 Å². The molecule has 1 aromatic carbocycles. The molecule has 0 saturated carbocycles. The molecule has 1 aromatic heterocycles. The van der Waals surface area contributed by atoms with E-state index in [9.17, 15) is 4.79 Å². The summed E-state index contributed by atoms with van der Waals surface area (Å²) in [6.45, 7) is 0. The highest BCUT2D eigenvalue weighted by Gasteiger charge is 2.06. The van der Waals surface area contributed by atoms with E-state index in [2.05, 4.69) is 36.8 Å². The minimum Gasteiger partial charge on any atom is -0.438 e. The van der Waals surface area contributed by atoms with E-state index in [0.29, 0.717) is 17.2 Å². The number of nitrogens with zero attached hydrogens (tertiary/aromatic N) is 1. The van der Waals surface area contributed by atoms with Crippen molar-refractivity contribution < 1.29 is 9.53 Å². The predicted octanol–water partition coefficient (Wildman–Crippen LogP) is 3.50. The van der Waals surface area contributed by atoms with Crippen LogP contribution in [0, 0.1) is 0 Å². The first-order chi connectivity index (χ1) is 8.56. The second kappa shape index (κ2) is 5.49. The van der Waals surface area contributed by atoms with Gasteiger partial charge in [0, 0.05) is 16.2 Å². The first kappa shape index (κ1) is 13.0. The zero-order chi connectivity index (χ0) is 13.1. The van der Waals surface area contributed by atoms with Crippen molar-refractivity contribution in [2.24, 2.45) is 5.73 Å². The van der Waals surface area contributed by atoms with Gasteiger partial charge in [0.25, 0.3) is 0 Å². The second-order valence-electron chi connectivity index (χ2n) is 3.43. The SMILES string of the molecule is NC(=O)c1ccc(Oc2ncc(Br)cc2Br)cc1. The van der Waals surface area contributed by atoms with Crippen LogP contribution in [0.2, 0.25) is 0 Å². The van der Waals surface area contributed by atoms with Gasteiger partial charge in [-0.25, -0.2) is 4.98 Å². The normalized spacial score (nSPS) is 10.1. The van der Waals surface area contributed by atoms with E-state index in [-0.39, 0.29) is 0 Å². The Hall–Kier alpha value is -1.40. The molecule has 0 aliphatic rings. The average molecular weight is 372 g/mol. The fourth-order valence-corrected chi connectivity index (χ4v) is 2.34. The molecule has 1 heterocycles. The number of halogens is 2. The molecule has 0 atom stereocenters. The molecule has 2 N–H and O–H groups in total. The Kier molecular flexibility index (Phi) is 3.98. The van der Waals surface area contributed by atoms with Gasteiger partial charge < -0.3 is 10.5 Å². The Morgan fingerprint density at radius 3 is 2.44 bits per heavy atom. The summed E-state index contributed by atoms with van der Waals surface area (Å²) in [5.41, 5.74) is 5.59. The van der Waals surface area contributed by atoms with E-state index in [1.807, 2.05) is 6.07 Å². The molecule has 0 saturated heterocycles. The van der Waals surface area contributed by atoms with Crippen LogP contribution in [0.25, 0.3) is 0 Å². The maximum Gasteiger partial charge on any atom is 0.248 e. The molecule has 0 bridgehead atoms. The first-order valence-corrected chi connectivity index (χ1v) is 6.53. The van der Waals surface area contributed by atoms with Crippen molar-refractivity contribution in [2.45, 2.75) is 0 Å². The standard InChI is InChI=1S/C12H8Br2N2O2/c13-8-5-10(14)12(16-6-8)18-9-3-1-7(2-4-9)11(15)17/h1-6H,(H2,15,17). The summed E-state index contributed by atoms with van der Waals surface area (Å²) < 4.78 is 7.15. The lowest BCUT2D eigenvalue weighted by molar-refractivity contribution is 0.100. The molecule has 0 aliphatic heterocycles. The minimum absolute atomic E-state index is 0.435. The van der Waals surface area contributed by atoms with E-state index in [0.717, 1.165) is 8.95 Å². The predicted molar refractivity (Wildman–Crippen MR) is 74.7 cm³/mol. The molecule has 0 aliphatic carbocycles. The lowest BCUT2D eigenvalue weighted by Gasteiger charge is -2.07. The molecule has 1 amide bonds. The number of rotatable bonds is 3. The van der Waals surface area contributed by atoms with Crippen molar-refractivity contribution in [2.75, 3.05) is 0 Å². The summed E-state index contributed by atoms with van der Waals surface area (Å²) in [6, 6.07) is 8.36. The van der Waals surface area contributed by atoms with Gasteiger partial charge in [-0.15, -0.1) is 0 Å². The fraction of sp³-hybridized carbons (Fsp3) is 0. The Labute approximate surface area is 120 Å². The van der Waals surface area contributed by atoms with Crippen molar-refractivity contribution in [1.82, 2.24) is 4.98 Å². The summed E-state index contributed by atoms with van der Waals surface area (Å²) >= 11 is 6.66. The number of carbonyl (C=O) groups excluding carboxylic acids is 1. The van der Waals surface area contributed by atoms with Gasteiger partial charge >= 0.3 is 0 Å². The van der Waals surface area contributed by atoms with E-state index < -0.39 is 5.91 Å². The smallest absolute Gasteiger partial charge is 0.248 e. The molecule has 4 nitrogen and oxygen atoms in total. The number of benzene rings is 1. The van der Waals surface area contributed by atoms with E-state index in [4.69, 9.17) is 10.5 Å². The molecular formula is C12H8Br2N2O2. The highest BCUT2D eigenvalue weighted by molar-refractivity contribution is 9.11. The molecule has 0 radical (unpaired) electrons. The van der Waals surface area contributed by atoms with Gasteiger partial charge in [0.05, 0.1) is 4.47 Å². The van der Waals surface area contributed by atoms with Crippen LogP contribution < -0.4 is 10.5 Å². The first-order valence-electron chi connectivity index (χ1n) is 4.95. The Morgan fingerprint density at radius 2 is 1.89 bits per heavy atom. The van der Waals surface area contributed by atoms with Crippen molar-refractivity contribution in [3.8, 4) is 11.6 Å². The number of hydrogen-bond acceptors (Lipinski definition) is 3. The number of pyridine rings is 1. The van der Waals surface area contributed by atoms with Gasteiger partial charge in [-0.2, -0.15) is 0 Å². The van der Waals surface area contributed by atoms with Crippen molar-refractivity contribution in [1.29, 1.82) is 0 Å². The lowest BCUT2D eigenvalue weighted by atomic mass is 10.2. The summed E-state index contributed by atoms with van der Waals surface area (Å²) in [7, 11) is 0. The minimum atomic E-state index is -0.468. The van der Waals surface area contributed by atoms with Crippen LogP contribution in [-0.4, -0.2) is 10.9 Å². The van der Waals surface area contributed by atoms with E-state index >= 15 is 0 Å². The van der Waals surface area contributed by atoms with Gasteiger partial charge in [0.1, 0.15) is 5.75 Å².